The molecule has 0 aromatic heterocycles. The molecule has 3 rings (SSSR count). The van der Waals surface area contributed by atoms with Crippen LogP contribution in [0.25, 0.3) is 0 Å². The second-order valence-corrected chi connectivity index (χ2v) is 7.35. The van der Waals surface area contributed by atoms with Gasteiger partial charge in [0, 0.05) is 5.69 Å². The molecule has 1 aliphatic rings. The van der Waals surface area contributed by atoms with Crippen molar-refractivity contribution in [3.8, 4) is 0 Å². The van der Waals surface area contributed by atoms with E-state index in [0.717, 1.165) is 16.9 Å². The van der Waals surface area contributed by atoms with Crippen LogP contribution in [-0.4, -0.2) is 40.7 Å². The highest BCUT2D eigenvalue weighted by atomic mass is 32.2. The van der Waals surface area contributed by atoms with Crippen molar-refractivity contribution in [3.63, 3.8) is 0 Å². The zero-order valence-corrected chi connectivity index (χ0v) is 16.2. The Morgan fingerprint density at radius 1 is 1.07 bits per heavy atom. The second-order valence-electron chi connectivity index (χ2n) is 6.37. The Bertz CT molecular complexity index is 846. The average molecular weight is 382 g/mol. The molecule has 1 N–H and O–H groups in total. The number of hydrogen-bond donors (Lipinski definition) is 1. The van der Waals surface area contributed by atoms with E-state index in [1.165, 1.54) is 0 Å². The number of amides is 3. The predicted octanol–water partition coefficient (Wildman–Crippen LogP) is 3.61. The van der Waals surface area contributed by atoms with Gasteiger partial charge in [-0.15, -0.1) is 0 Å². The number of aryl methyl sites for hydroxylation is 1. The molecule has 5 nitrogen and oxygen atoms in total. The minimum atomic E-state index is -0.838. The van der Waals surface area contributed by atoms with E-state index in [9.17, 15) is 14.4 Å². The molecule has 0 radical (unpaired) electrons. The summed E-state index contributed by atoms with van der Waals surface area (Å²) in [5.74, 6) is -0.481. The van der Waals surface area contributed by atoms with Crippen molar-refractivity contribution in [1.82, 2.24) is 4.90 Å². The maximum absolute atomic E-state index is 13.0. The number of carbonyl (C=O) groups is 3. The summed E-state index contributed by atoms with van der Waals surface area (Å²) < 4.78 is 0. The third-order valence-electron chi connectivity index (χ3n) is 4.64. The van der Waals surface area contributed by atoms with Crippen molar-refractivity contribution in [2.24, 2.45) is 0 Å². The van der Waals surface area contributed by atoms with Crippen LogP contribution in [0.3, 0.4) is 0 Å². The number of nitrogens with zero attached hydrogens (tertiary/aromatic N) is 1. The SMILES string of the molecule is CCc1cccc(NC(=O)[C@@H](CCSC)N2C(=O)c3ccccc3C2=O)c1. The standard InChI is InChI=1S/C21H22N2O3S/c1-3-14-7-6-8-15(13-14)22-19(24)18(11-12-27-2)23-20(25)16-9-4-5-10-17(16)21(23)26/h4-10,13,18H,3,11-12H2,1-2H3,(H,22,24)/t18-/m1/s1. The van der Waals surface area contributed by atoms with E-state index in [-0.39, 0.29) is 5.91 Å². The van der Waals surface area contributed by atoms with Crippen LogP contribution in [0.15, 0.2) is 48.5 Å². The van der Waals surface area contributed by atoms with Crippen molar-refractivity contribution in [2.45, 2.75) is 25.8 Å². The third-order valence-corrected chi connectivity index (χ3v) is 5.28. The number of thioether (sulfide) groups is 1. The molecule has 0 bridgehead atoms. The van der Waals surface area contributed by atoms with Crippen molar-refractivity contribution >= 4 is 35.2 Å². The molecule has 140 valence electrons. The van der Waals surface area contributed by atoms with Crippen LogP contribution in [0.2, 0.25) is 0 Å². The fourth-order valence-corrected chi connectivity index (χ4v) is 3.65. The lowest BCUT2D eigenvalue weighted by Gasteiger charge is -2.25. The van der Waals surface area contributed by atoms with E-state index >= 15 is 0 Å². The molecule has 0 saturated carbocycles. The summed E-state index contributed by atoms with van der Waals surface area (Å²) in [7, 11) is 0. The minimum absolute atomic E-state index is 0.341. The van der Waals surface area contributed by atoms with E-state index < -0.39 is 17.9 Å². The normalized spacial score (nSPS) is 14.2. The molecule has 0 saturated heterocycles. The molecular formula is C21H22N2O3S. The molecule has 0 aliphatic carbocycles. The van der Waals surface area contributed by atoms with Crippen molar-refractivity contribution < 1.29 is 14.4 Å². The van der Waals surface area contributed by atoms with E-state index in [1.807, 2.05) is 37.4 Å². The monoisotopic (exact) mass is 382 g/mol. The number of imide groups is 1. The zero-order valence-electron chi connectivity index (χ0n) is 15.4. The first-order valence-corrected chi connectivity index (χ1v) is 10.3. The third kappa shape index (κ3) is 3.90. The highest BCUT2D eigenvalue weighted by Crippen LogP contribution is 2.27. The Balaban J connectivity index is 1.86. The van der Waals surface area contributed by atoms with Gasteiger partial charge in [-0.2, -0.15) is 11.8 Å². The smallest absolute Gasteiger partial charge is 0.262 e. The first kappa shape index (κ1) is 19.2. The van der Waals surface area contributed by atoms with E-state index in [0.29, 0.717) is 29.0 Å². The fourth-order valence-electron chi connectivity index (χ4n) is 3.19. The van der Waals surface area contributed by atoms with Crippen molar-refractivity contribution in [3.05, 3.63) is 65.2 Å². The van der Waals surface area contributed by atoms with Gasteiger partial charge >= 0.3 is 0 Å². The number of nitrogens with one attached hydrogen (secondary N) is 1. The Hall–Kier alpha value is -2.60. The summed E-state index contributed by atoms with van der Waals surface area (Å²) in [4.78, 5) is 39.7. The van der Waals surface area contributed by atoms with E-state index in [1.54, 1.807) is 36.0 Å². The predicted molar refractivity (Wildman–Crippen MR) is 108 cm³/mol. The van der Waals surface area contributed by atoms with Crippen LogP contribution in [0, 0.1) is 0 Å². The van der Waals surface area contributed by atoms with Crippen LogP contribution in [0.1, 0.15) is 39.6 Å². The Morgan fingerprint density at radius 2 is 1.74 bits per heavy atom. The molecule has 3 amide bonds. The maximum Gasteiger partial charge on any atom is 0.262 e. The highest BCUT2D eigenvalue weighted by molar-refractivity contribution is 7.98. The molecule has 1 aliphatic heterocycles. The molecule has 27 heavy (non-hydrogen) atoms. The summed E-state index contributed by atoms with van der Waals surface area (Å²) in [6.45, 7) is 2.04. The summed E-state index contributed by atoms with van der Waals surface area (Å²) >= 11 is 1.58. The largest absolute Gasteiger partial charge is 0.324 e. The van der Waals surface area contributed by atoms with Gasteiger partial charge in [0.25, 0.3) is 11.8 Å². The van der Waals surface area contributed by atoms with Crippen LogP contribution < -0.4 is 5.32 Å². The number of anilines is 1. The topological polar surface area (TPSA) is 66.5 Å². The number of carbonyl (C=O) groups excluding carboxylic acids is 3. The van der Waals surface area contributed by atoms with Gasteiger partial charge in [-0.25, -0.2) is 0 Å². The molecule has 1 heterocycles. The number of fused-ring (bicyclic) bond motifs is 1. The van der Waals surface area contributed by atoms with Crippen LogP contribution in [0.4, 0.5) is 5.69 Å². The van der Waals surface area contributed by atoms with Crippen LogP contribution in [0.5, 0.6) is 0 Å². The van der Waals surface area contributed by atoms with Crippen LogP contribution >= 0.6 is 11.8 Å². The lowest BCUT2D eigenvalue weighted by Crippen LogP contribution is -2.47. The fraction of sp³-hybridized carbons (Fsp3) is 0.286. The van der Waals surface area contributed by atoms with Gasteiger partial charge in [0.2, 0.25) is 5.91 Å². The van der Waals surface area contributed by atoms with Gasteiger partial charge in [0.1, 0.15) is 6.04 Å². The van der Waals surface area contributed by atoms with Crippen molar-refractivity contribution in [1.29, 1.82) is 0 Å². The lowest BCUT2D eigenvalue weighted by molar-refractivity contribution is -0.120. The number of hydrogen-bond acceptors (Lipinski definition) is 4. The summed E-state index contributed by atoms with van der Waals surface area (Å²) in [6, 6.07) is 13.5. The van der Waals surface area contributed by atoms with E-state index in [2.05, 4.69) is 5.32 Å². The molecule has 6 heteroatoms. The summed E-state index contributed by atoms with van der Waals surface area (Å²) in [5, 5.41) is 2.88. The number of rotatable bonds is 7. The van der Waals surface area contributed by atoms with Gasteiger partial charge in [0.05, 0.1) is 11.1 Å². The Kier molecular flexibility index (Phi) is 5.96. The molecule has 0 fully saturated rings. The van der Waals surface area contributed by atoms with Gasteiger partial charge in [-0.05, 0) is 54.7 Å². The van der Waals surface area contributed by atoms with Gasteiger partial charge in [-0.3, -0.25) is 19.3 Å². The zero-order chi connectivity index (χ0) is 19.4. The van der Waals surface area contributed by atoms with Crippen molar-refractivity contribution in [2.75, 3.05) is 17.3 Å². The first-order valence-electron chi connectivity index (χ1n) is 8.92. The Labute approximate surface area is 163 Å². The number of benzene rings is 2. The van der Waals surface area contributed by atoms with Gasteiger partial charge < -0.3 is 5.32 Å². The molecule has 2 aromatic carbocycles. The average Bonchev–Trinajstić information content (AvgIpc) is 2.94. The minimum Gasteiger partial charge on any atom is -0.324 e. The second kappa shape index (κ2) is 8.39. The highest BCUT2D eigenvalue weighted by Gasteiger charge is 2.42. The first-order chi connectivity index (χ1) is 13.1. The molecule has 2 aromatic rings. The van der Waals surface area contributed by atoms with E-state index in [4.69, 9.17) is 0 Å². The summed E-state index contributed by atoms with van der Waals surface area (Å²) in [6.07, 6.45) is 3.20. The molecule has 1 atom stereocenters. The molecule has 0 spiro atoms. The molecular weight excluding hydrogens is 360 g/mol. The Morgan fingerprint density at radius 3 is 2.33 bits per heavy atom. The molecule has 0 unspecified atom stereocenters. The maximum atomic E-state index is 13.0. The lowest BCUT2D eigenvalue weighted by atomic mass is 10.1. The van der Waals surface area contributed by atoms with Gasteiger partial charge in [0.15, 0.2) is 0 Å². The van der Waals surface area contributed by atoms with Crippen LogP contribution in [-0.2, 0) is 11.2 Å². The van der Waals surface area contributed by atoms with Gasteiger partial charge in [-0.1, -0.05) is 31.2 Å². The summed E-state index contributed by atoms with van der Waals surface area (Å²) in [5.41, 5.74) is 2.49. The quantitative estimate of drug-likeness (QED) is 0.743.